The van der Waals surface area contributed by atoms with Crippen molar-refractivity contribution in [3.63, 3.8) is 0 Å². The molecule has 0 saturated heterocycles. The third-order valence-corrected chi connectivity index (χ3v) is 4.90. The first-order chi connectivity index (χ1) is 15.4. The number of nitrogens with one attached hydrogen (secondary N) is 3. The number of primary amides is 1. The van der Waals surface area contributed by atoms with Crippen molar-refractivity contribution in [2.45, 2.75) is 50.4 Å². The fourth-order valence-corrected chi connectivity index (χ4v) is 2.91. The van der Waals surface area contributed by atoms with Crippen molar-refractivity contribution in [3.05, 3.63) is 29.8 Å². The topological polar surface area (TPSA) is 214 Å². The van der Waals surface area contributed by atoms with Gasteiger partial charge in [0.2, 0.25) is 23.6 Å². The monoisotopic (exact) mass is 483 g/mol. The average Bonchev–Trinajstić information content (AvgIpc) is 2.74. The van der Waals surface area contributed by atoms with Gasteiger partial charge in [-0.1, -0.05) is 12.1 Å². The van der Waals surface area contributed by atoms with Crippen molar-refractivity contribution < 1.29 is 34.2 Å². The summed E-state index contributed by atoms with van der Waals surface area (Å²) in [6.07, 6.45) is -0.450. The summed E-state index contributed by atoms with van der Waals surface area (Å²) in [6.45, 7) is 1.43. The van der Waals surface area contributed by atoms with E-state index in [0.29, 0.717) is 5.56 Å². The van der Waals surface area contributed by atoms with E-state index in [1.165, 1.54) is 19.1 Å². The van der Waals surface area contributed by atoms with Crippen LogP contribution in [0.5, 0.6) is 5.75 Å². The quantitative estimate of drug-likeness (QED) is 0.147. The molecular weight excluding hydrogens is 454 g/mol. The van der Waals surface area contributed by atoms with E-state index < -0.39 is 53.8 Å². The van der Waals surface area contributed by atoms with Crippen molar-refractivity contribution in [2.24, 2.45) is 11.5 Å². The summed E-state index contributed by atoms with van der Waals surface area (Å²) in [6, 6.07) is 1.22. The molecule has 4 unspecified atom stereocenters. The van der Waals surface area contributed by atoms with Crippen LogP contribution in [-0.4, -0.2) is 69.7 Å². The van der Waals surface area contributed by atoms with Crippen LogP contribution in [0.2, 0.25) is 0 Å². The number of nitrogens with two attached hydrogens (primary N) is 2. The Bertz CT molecular complexity index is 863. The highest BCUT2D eigenvalue weighted by Gasteiger charge is 2.30. The normalized spacial score (nSPS) is 14.3. The molecule has 0 aromatic heterocycles. The van der Waals surface area contributed by atoms with Gasteiger partial charge in [0.05, 0.1) is 6.04 Å². The third-order valence-electron chi connectivity index (χ3n) is 4.53. The standard InChI is InChI=1S/C20H29N5O7S/c1-10(21)17(28)24-14(8-11-2-4-12(26)5-3-11)19(30)23-13(6-7-16(22)27)18(29)25-15(9-33)20(31)32/h2-5,10,13-15,26,33H,6-9,21H2,1H3,(H2,22,27)(H,23,30)(H,24,28)(H,25,29)(H,31,32). The molecule has 4 atom stereocenters. The number of hydrogen-bond acceptors (Lipinski definition) is 8. The minimum Gasteiger partial charge on any atom is -0.508 e. The first-order valence-electron chi connectivity index (χ1n) is 10.0. The lowest BCUT2D eigenvalue weighted by atomic mass is 10.0. The number of phenols is 1. The van der Waals surface area contributed by atoms with Crippen molar-refractivity contribution in [3.8, 4) is 5.75 Å². The highest BCUT2D eigenvalue weighted by Crippen LogP contribution is 2.12. The van der Waals surface area contributed by atoms with Crippen LogP contribution >= 0.6 is 12.6 Å². The van der Waals surface area contributed by atoms with Crippen LogP contribution in [0, 0.1) is 0 Å². The Labute approximate surface area is 195 Å². The molecule has 0 aliphatic rings. The Kier molecular flexibility index (Phi) is 11.2. The SMILES string of the molecule is CC(N)C(=O)NC(Cc1ccc(O)cc1)C(=O)NC(CCC(N)=O)C(=O)NC(CS)C(=O)O. The van der Waals surface area contributed by atoms with Crippen LogP contribution < -0.4 is 27.4 Å². The van der Waals surface area contributed by atoms with E-state index in [1.807, 2.05) is 0 Å². The predicted octanol–water partition coefficient (Wildman–Crippen LogP) is -1.98. The van der Waals surface area contributed by atoms with E-state index in [0.717, 1.165) is 0 Å². The molecule has 9 N–H and O–H groups in total. The molecule has 0 heterocycles. The number of carbonyl (C=O) groups is 5. The second kappa shape index (κ2) is 13.3. The number of benzene rings is 1. The highest BCUT2D eigenvalue weighted by molar-refractivity contribution is 7.80. The smallest absolute Gasteiger partial charge is 0.327 e. The molecular formula is C20H29N5O7S. The fourth-order valence-electron chi connectivity index (χ4n) is 2.67. The summed E-state index contributed by atoms with van der Waals surface area (Å²) in [4.78, 5) is 60.1. The van der Waals surface area contributed by atoms with Gasteiger partial charge in [-0.2, -0.15) is 12.6 Å². The second-order valence-corrected chi connectivity index (χ2v) is 7.73. The van der Waals surface area contributed by atoms with Crippen LogP contribution in [0.1, 0.15) is 25.3 Å². The Hall–Kier alpha value is -3.32. The van der Waals surface area contributed by atoms with Gasteiger partial charge in [-0.25, -0.2) is 4.79 Å². The molecule has 0 radical (unpaired) electrons. The van der Waals surface area contributed by atoms with Gasteiger partial charge in [0.1, 0.15) is 23.9 Å². The minimum absolute atomic E-state index is 0.00310. The lowest BCUT2D eigenvalue weighted by molar-refractivity contribution is -0.141. The zero-order valence-corrected chi connectivity index (χ0v) is 18.9. The van der Waals surface area contributed by atoms with E-state index in [4.69, 9.17) is 16.6 Å². The maximum absolute atomic E-state index is 13.0. The lowest BCUT2D eigenvalue weighted by Gasteiger charge is -2.24. The third kappa shape index (κ3) is 9.78. The Morgan fingerprint density at radius 2 is 1.45 bits per heavy atom. The number of rotatable bonds is 13. The van der Waals surface area contributed by atoms with E-state index in [-0.39, 0.29) is 30.8 Å². The van der Waals surface area contributed by atoms with Crippen molar-refractivity contribution in [1.82, 2.24) is 16.0 Å². The summed E-state index contributed by atoms with van der Waals surface area (Å²) in [5, 5.41) is 25.7. The van der Waals surface area contributed by atoms with Gasteiger partial charge in [-0.15, -0.1) is 0 Å². The van der Waals surface area contributed by atoms with Gasteiger partial charge in [0.15, 0.2) is 0 Å². The molecule has 1 rings (SSSR count). The number of carboxylic acid groups (broad SMARTS) is 1. The summed E-state index contributed by atoms with van der Waals surface area (Å²) < 4.78 is 0. The number of hydrogen-bond donors (Lipinski definition) is 8. The maximum atomic E-state index is 13.0. The molecule has 0 bridgehead atoms. The van der Waals surface area contributed by atoms with Crippen molar-refractivity contribution >= 4 is 42.2 Å². The zero-order chi connectivity index (χ0) is 25.1. The van der Waals surface area contributed by atoms with Crippen LogP contribution in [0.25, 0.3) is 0 Å². The number of carboxylic acids is 1. The maximum Gasteiger partial charge on any atom is 0.327 e. The van der Waals surface area contributed by atoms with Crippen LogP contribution in [0.4, 0.5) is 0 Å². The highest BCUT2D eigenvalue weighted by atomic mass is 32.1. The number of thiol groups is 1. The summed E-state index contributed by atoms with van der Waals surface area (Å²) >= 11 is 3.87. The van der Waals surface area contributed by atoms with Crippen molar-refractivity contribution in [1.29, 1.82) is 0 Å². The first kappa shape index (κ1) is 27.7. The van der Waals surface area contributed by atoms with E-state index >= 15 is 0 Å². The molecule has 4 amide bonds. The largest absolute Gasteiger partial charge is 0.508 e. The van der Waals surface area contributed by atoms with Gasteiger partial charge in [-0.05, 0) is 31.0 Å². The van der Waals surface area contributed by atoms with Gasteiger partial charge in [0, 0.05) is 18.6 Å². The molecule has 0 aliphatic heterocycles. The molecule has 0 spiro atoms. The predicted molar refractivity (Wildman–Crippen MR) is 121 cm³/mol. The molecule has 0 aliphatic carbocycles. The first-order valence-corrected chi connectivity index (χ1v) is 10.6. The number of carbonyl (C=O) groups excluding carboxylic acids is 4. The van der Waals surface area contributed by atoms with Gasteiger partial charge < -0.3 is 37.6 Å². The van der Waals surface area contributed by atoms with E-state index in [2.05, 4.69) is 28.6 Å². The molecule has 1 aromatic rings. The van der Waals surface area contributed by atoms with Crippen LogP contribution in [0.15, 0.2) is 24.3 Å². The molecule has 33 heavy (non-hydrogen) atoms. The van der Waals surface area contributed by atoms with Gasteiger partial charge in [0.25, 0.3) is 0 Å². The van der Waals surface area contributed by atoms with E-state index in [1.54, 1.807) is 12.1 Å². The molecule has 13 heteroatoms. The van der Waals surface area contributed by atoms with Crippen LogP contribution in [-0.2, 0) is 30.4 Å². The summed E-state index contributed by atoms with van der Waals surface area (Å²) in [7, 11) is 0. The number of amides is 4. The molecule has 12 nitrogen and oxygen atoms in total. The number of phenolic OH excluding ortho intramolecular Hbond substituents is 1. The molecule has 0 fully saturated rings. The Balaban J connectivity index is 3.08. The fraction of sp³-hybridized carbons (Fsp3) is 0.450. The molecule has 1 aromatic carbocycles. The average molecular weight is 484 g/mol. The number of aromatic hydroxyl groups is 1. The summed E-state index contributed by atoms with van der Waals surface area (Å²) in [5.41, 5.74) is 11.3. The number of aliphatic carboxylic acids is 1. The van der Waals surface area contributed by atoms with Gasteiger partial charge >= 0.3 is 5.97 Å². The Morgan fingerprint density at radius 3 is 1.94 bits per heavy atom. The molecule has 182 valence electrons. The Morgan fingerprint density at radius 1 is 0.939 bits per heavy atom. The summed E-state index contributed by atoms with van der Waals surface area (Å²) in [5.74, 6) is -4.48. The second-order valence-electron chi connectivity index (χ2n) is 7.37. The zero-order valence-electron chi connectivity index (χ0n) is 18.0. The van der Waals surface area contributed by atoms with Crippen LogP contribution in [0.3, 0.4) is 0 Å². The molecule has 0 saturated carbocycles. The van der Waals surface area contributed by atoms with E-state index in [9.17, 15) is 29.1 Å². The van der Waals surface area contributed by atoms with Gasteiger partial charge in [-0.3, -0.25) is 19.2 Å². The minimum atomic E-state index is -1.33. The van der Waals surface area contributed by atoms with Crippen molar-refractivity contribution in [2.75, 3.05) is 5.75 Å². The lowest BCUT2D eigenvalue weighted by Crippen LogP contribution is -2.57.